The van der Waals surface area contributed by atoms with Gasteiger partial charge in [0.25, 0.3) is 5.91 Å². The topological polar surface area (TPSA) is 102 Å². The molecule has 2 fully saturated rings. The lowest BCUT2D eigenvalue weighted by molar-refractivity contribution is -0.122. The molecule has 10 heteroatoms. The number of carbonyl (C=O) groups excluding carboxylic acids is 2. The number of nitrogens with one attached hydrogen (secondary N) is 2. The van der Waals surface area contributed by atoms with Crippen LogP contribution in [0.5, 0.6) is 5.75 Å². The van der Waals surface area contributed by atoms with Crippen molar-refractivity contribution in [2.75, 3.05) is 37.0 Å². The monoisotopic (exact) mass is 524 g/mol. The number of unbranched alkanes of at least 4 members (excludes halogenated alkanes) is 7. The van der Waals surface area contributed by atoms with Crippen molar-refractivity contribution in [1.82, 2.24) is 14.9 Å². The number of rotatable bonds is 15. The summed E-state index contributed by atoms with van der Waals surface area (Å²) in [6, 6.07) is 2.78. The van der Waals surface area contributed by atoms with E-state index in [-0.39, 0.29) is 23.9 Å². The van der Waals surface area contributed by atoms with E-state index in [0.29, 0.717) is 30.9 Å². The van der Waals surface area contributed by atoms with Crippen molar-refractivity contribution in [2.45, 2.75) is 77.6 Å². The third-order valence-electron chi connectivity index (χ3n) is 6.95. The van der Waals surface area contributed by atoms with E-state index in [0.717, 1.165) is 36.8 Å². The average Bonchev–Trinajstić information content (AvgIpc) is 3.41. The second-order valence-corrected chi connectivity index (χ2v) is 11.1. The molecular formula is C26H41FN4O4S. The number of aromatic hydroxyl groups is 1. The molecule has 2 atom stereocenters. The molecule has 8 nitrogen and oxygen atoms in total. The molecule has 1 aromatic carbocycles. The Kier molecular flexibility index (Phi) is 11.4. The number of phenolic OH excluding ortho intramolecular Hbond substituents is 1. The van der Waals surface area contributed by atoms with Crippen LogP contribution in [0.2, 0.25) is 0 Å². The minimum Gasteiger partial charge on any atom is -0.506 e. The third-order valence-corrected chi connectivity index (χ3v) is 8.07. The molecule has 2 heterocycles. The molecule has 1 aromatic rings. The van der Waals surface area contributed by atoms with Crippen LogP contribution in [0.1, 0.15) is 76.7 Å². The molecule has 202 valence electrons. The second-order valence-electron chi connectivity index (χ2n) is 9.99. The predicted molar refractivity (Wildman–Crippen MR) is 140 cm³/mol. The third kappa shape index (κ3) is 8.73. The molecular weight excluding hydrogens is 483 g/mol. The maximum atomic E-state index is 14.7. The zero-order valence-corrected chi connectivity index (χ0v) is 22.2. The number of likely N-dealkylation sites (tertiary alicyclic amines) is 1. The highest BCUT2D eigenvalue weighted by atomic mass is 32.2. The van der Waals surface area contributed by atoms with E-state index in [4.69, 9.17) is 0 Å². The summed E-state index contributed by atoms with van der Waals surface area (Å²) in [5, 5.41) is 13.4. The van der Waals surface area contributed by atoms with Gasteiger partial charge in [-0.3, -0.25) is 18.6 Å². The Balaban J connectivity index is 1.32. The lowest BCUT2D eigenvalue weighted by Crippen LogP contribution is -2.28. The summed E-state index contributed by atoms with van der Waals surface area (Å²) in [5.41, 5.74) is 0.402. The number of benzene rings is 1. The number of hydrogen-bond acceptors (Lipinski definition) is 5. The van der Waals surface area contributed by atoms with Gasteiger partial charge < -0.3 is 15.3 Å². The SMILES string of the molecule is CCCCCCCCCCNC(=O)C[C@@H]1CCN(CCc2cc(O)c(N3CC(=O)NS3=O)c(F)c2)C1. The highest BCUT2D eigenvalue weighted by molar-refractivity contribution is 7.85. The number of anilines is 1. The lowest BCUT2D eigenvalue weighted by atomic mass is 10.0. The van der Waals surface area contributed by atoms with Gasteiger partial charge in [-0.1, -0.05) is 51.9 Å². The molecule has 3 N–H and O–H groups in total. The molecule has 0 saturated carbocycles. The number of amides is 2. The van der Waals surface area contributed by atoms with E-state index in [1.54, 1.807) is 0 Å². The molecule has 2 aliphatic rings. The summed E-state index contributed by atoms with van der Waals surface area (Å²) >= 11 is -1.90. The molecule has 0 aromatic heterocycles. The van der Waals surface area contributed by atoms with Gasteiger partial charge in [-0.2, -0.15) is 0 Å². The van der Waals surface area contributed by atoms with Gasteiger partial charge >= 0.3 is 0 Å². The fourth-order valence-electron chi connectivity index (χ4n) is 4.96. The van der Waals surface area contributed by atoms with Crippen molar-refractivity contribution in [3.63, 3.8) is 0 Å². The first-order chi connectivity index (χ1) is 17.4. The van der Waals surface area contributed by atoms with Gasteiger partial charge in [0, 0.05) is 26.1 Å². The number of phenols is 1. The normalized spacial score (nSPS) is 20.2. The van der Waals surface area contributed by atoms with Crippen molar-refractivity contribution in [3.8, 4) is 5.75 Å². The number of halogens is 1. The summed E-state index contributed by atoms with van der Waals surface area (Å²) in [5.74, 6) is -1.07. The highest BCUT2D eigenvalue weighted by Crippen LogP contribution is 2.34. The van der Waals surface area contributed by atoms with Crippen molar-refractivity contribution in [2.24, 2.45) is 5.92 Å². The molecule has 2 aliphatic heterocycles. The van der Waals surface area contributed by atoms with Crippen molar-refractivity contribution >= 4 is 28.7 Å². The average molecular weight is 525 g/mol. The zero-order valence-electron chi connectivity index (χ0n) is 21.4. The standard InChI is InChI=1S/C26H41FN4O4S/c1-2-3-4-5-6-7-8-9-12-28-24(33)17-21-11-14-30(18-21)13-10-20-15-22(27)26(23(32)16-20)31-19-25(34)29-36(31)35/h15-16,21,32H,2-14,17-19H2,1H3,(H,28,33)(H,29,34)/t21-,36?/m0/s1. The van der Waals surface area contributed by atoms with Gasteiger partial charge in [0.2, 0.25) is 17.1 Å². The smallest absolute Gasteiger partial charge is 0.253 e. The fourth-order valence-corrected chi connectivity index (χ4v) is 5.91. The van der Waals surface area contributed by atoms with Crippen LogP contribution in [0.4, 0.5) is 10.1 Å². The van der Waals surface area contributed by atoms with E-state index >= 15 is 0 Å². The van der Waals surface area contributed by atoms with Crippen LogP contribution in [0.25, 0.3) is 0 Å². The first kappa shape index (κ1) is 28.4. The van der Waals surface area contributed by atoms with E-state index in [2.05, 4.69) is 21.9 Å². The first-order valence-electron chi connectivity index (χ1n) is 13.4. The Morgan fingerprint density at radius 3 is 2.58 bits per heavy atom. The van der Waals surface area contributed by atoms with Gasteiger partial charge in [0.1, 0.15) is 18.0 Å². The highest BCUT2D eigenvalue weighted by Gasteiger charge is 2.31. The summed E-state index contributed by atoms with van der Waals surface area (Å²) in [6.45, 7) is 5.14. The first-order valence-corrected chi connectivity index (χ1v) is 14.5. The van der Waals surface area contributed by atoms with Crippen molar-refractivity contribution in [1.29, 1.82) is 0 Å². The Morgan fingerprint density at radius 1 is 1.19 bits per heavy atom. The summed E-state index contributed by atoms with van der Waals surface area (Å²) in [4.78, 5) is 26.0. The number of hydrogen-bond donors (Lipinski definition) is 3. The van der Waals surface area contributed by atoms with Gasteiger partial charge in [-0.25, -0.2) is 8.60 Å². The van der Waals surface area contributed by atoms with Crippen LogP contribution in [0.3, 0.4) is 0 Å². The maximum absolute atomic E-state index is 14.7. The van der Waals surface area contributed by atoms with Crippen LogP contribution in [0.15, 0.2) is 12.1 Å². The predicted octanol–water partition coefficient (Wildman–Crippen LogP) is 3.56. The Labute approximate surface area is 216 Å². The summed E-state index contributed by atoms with van der Waals surface area (Å²) in [6.07, 6.45) is 12.1. The number of nitrogens with zero attached hydrogens (tertiary/aromatic N) is 2. The quantitative estimate of drug-likeness (QED) is 0.305. The minimum atomic E-state index is -1.90. The van der Waals surface area contributed by atoms with Gasteiger partial charge in [0.15, 0.2) is 5.82 Å². The molecule has 0 spiro atoms. The van der Waals surface area contributed by atoms with Gasteiger partial charge in [-0.15, -0.1) is 0 Å². The zero-order chi connectivity index (χ0) is 25.9. The van der Waals surface area contributed by atoms with Crippen molar-refractivity contribution < 1.29 is 23.3 Å². The molecule has 0 bridgehead atoms. The molecule has 0 aliphatic carbocycles. The Bertz CT molecular complexity index is 893. The molecule has 3 rings (SSSR count). The molecule has 2 saturated heterocycles. The Hall–Kier alpha value is -2.20. The fraction of sp³-hybridized carbons (Fsp3) is 0.692. The summed E-state index contributed by atoms with van der Waals surface area (Å²) in [7, 11) is 0. The van der Waals surface area contributed by atoms with Crippen molar-refractivity contribution in [3.05, 3.63) is 23.5 Å². The van der Waals surface area contributed by atoms with Gasteiger partial charge in [0.05, 0.1) is 0 Å². The van der Waals surface area contributed by atoms with Crippen LogP contribution < -0.4 is 14.3 Å². The molecule has 2 amide bonds. The maximum Gasteiger partial charge on any atom is 0.253 e. The molecule has 1 unspecified atom stereocenters. The largest absolute Gasteiger partial charge is 0.506 e. The van der Waals surface area contributed by atoms with E-state index in [1.807, 2.05) is 0 Å². The molecule has 0 radical (unpaired) electrons. The second kappa shape index (κ2) is 14.5. The lowest BCUT2D eigenvalue weighted by Gasteiger charge is -2.19. The molecule has 36 heavy (non-hydrogen) atoms. The Morgan fingerprint density at radius 2 is 1.92 bits per heavy atom. The van der Waals surface area contributed by atoms with E-state index < -0.39 is 22.9 Å². The van der Waals surface area contributed by atoms with Crippen LogP contribution in [-0.2, 0) is 27.2 Å². The van der Waals surface area contributed by atoms with E-state index in [9.17, 15) is 23.3 Å². The van der Waals surface area contributed by atoms with Crippen LogP contribution >= 0.6 is 0 Å². The van der Waals surface area contributed by atoms with Crippen LogP contribution in [0, 0.1) is 11.7 Å². The van der Waals surface area contributed by atoms with Gasteiger partial charge in [-0.05, 0) is 49.4 Å². The minimum absolute atomic E-state index is 0.125. The van der Waals surface area contributed by atoms with E-state index in [1.165, 1.54) is 57.1 Å². The van der Waals surface area contributed by atoms with Crippen LogP contribution in [-0.4, -0.2) is 58.8 Å². The number of carbonyl (C=O) groups is 2. The summed E-state index contributed by atoms with van der Waals surface area (Å²) < 4.78 is 29.8.